The molecule has 2 nitrogen and oxygen atoms in total. The first kappa shape index (κ1) is 16.5. The Morgan fingerprint density at radius 2 is 1.67 bits per heavy atom. The van der Waals surface area contributed by atoms with Crippen molar-refractivity contribution in [3.05, 3.63) is 70.3 Å². The van der Waals surface area contributed by atoms with Gasteiger partial charge in [-0.05, 0) is 69.4 Å². The Balaban J connectivity index is 2.33. The zero-order valence-corrected chi connectivity index (χ0v) is 15.2. The number of hydrogen-bond acceptors (Lipinski definition) is 2. The number of ketones is 1. The van der Waals surface area contributed by atoms with Crippen molar-refractivity contribution in [3.63, 3.8) is 0 Å². The summed E-state index contributed by atoms with van der Waals surface area (Å²) in [5.41, 5.74) is 7.64. The highest BCUT2D eigenvalue weighted by atomic mass is 16.1. The third kappa shape index (κ3) is 3.01. The molecule has 3 rings (SSSR count). The van der Waals surface area contributed by atoms with Crippen LogP contribution in [0.4, 0.5) is 0 Å². The van der Waals surface area contributed by atoms with E-state index >= 15 is 0 Å². The van der Waals surface area contributed by atoms with Gasteiger partial charge >= 0.3 is 0 Å². The van der Waals surface area contributed by atoms with Crippen molar-refractivity contribution < 1.29 is 4.79 Å². The van der Waals surface area contributed by atoms with Crippen LogP contribution in [0, 0.1) is 13.8 Å². The lowest BCUT2D eigenvalue weighted by Gasteiger charge is -2.37. The second-order valence-corrected chi connectivity index (χ2v) is 7.45. The first-order valence-electron chi connectivity index (χ1n) is 8.48. The van der Waals surface area contributed by atoms with E-state index in [1.807, 2.05) is 30.3 Å². The molecular formula is C22H25NO. The third-order valence-electron chi connectivity index (χ3n) is 4.75. The molecule has 0 saturated heterocycles. The van der Waals surface area contributed by atoms with Crippen molar-refractivity contribution in [2.24, 2.45) is 0 Å². The SMILES string of the molecule is CC(=O)/C(=C1\NC(C)(C)Cc2cc(C)c(C)cc21)c1ccccc1. The maximum Gasteiger partial charge on any atom is 0.162 e. The topological polar surface area (TPSA) is 29.1 Å². The second kappa shape index (κ2) is 5.94. The van der Waals surface area contributed by atoms with E-state index in [2.05, 4.69) is 45.1 Å². The summed E-state index contributed by atoms with van der Waals surface area (Å²) in [6.07, 6.45) is 0.951. The molecule has 1 aliphatic heterocycles. The lowest BCUT2D eigenvalue weighted by atomic mass is 9.81. The summed E-state index contributed by atoms with van der Waals surface area (Å²) in [5, 5.41) is 3.63. The fraction of sp³-hybridized carbons (Fsp3) is 0.318. The summed E-state index contributed by atoms with van der Waals surface area (Å²) in [6.45, 7) is 10.3. The number of fused-ring (bicyclic) bond motifs is 1. The van der Waals surface area contributed by atoms with Crippen LogP contribution in [-0.4, -0.2) is 11.3 Å². The molecule has 0 bridgehead atoms. The number of carbonyl (C=O) groups excluding carboxylic acids is 1. The van der Waals surface area contributed by atoms with Crippen LogP contribution in [0.2, 0.25) is 0 Å². The molecule has 0 amide bonds. The summed E-state index contributed by atoms with van der Waals surface area (Å²) >= 11 is 0. The normalized spacial score (nSPS) is 17.7. The summed E-state index contributed by atoms with van der Waals surface area (Å²) in [4.78, 5) is 12.5. The summed E-state index contributed by atoms with van der Waals surface area (Å²) in [7, 11) is 0. The number of Topliss-reactive ketones (excluding diaryl/α,β-unsaturated/α-hetero) is 1. The zero-order valence-electron chi connectivity index (χ0n) is 15.2. The summed E-state index contributed by atoms with van der Waals surface area (Å²) in [5.74, 6) is 0.0885. The number of allylic oxidation sites excluding steroid dienone is 1. The van der Waals surface area contributed by atoms with E-state index in [9.17, 15) is 4.79 Å². The monoisotopic (exact) mass is 319 g/mol. The summed E-state index contributed by atoms with van der Waals surface area (Å²) < 4.78 is 0. The lowest BCUT2D eigenvalue weighted by Crippen LogP contribution is -2.44. The Labute approximate surface area is 144 Å². The van der Waals surface area contributed by atoms with Crippen molar-refractivity contribution in [2.75, 3.05) is 0 Å². The molecule has 0 radical (unpaired) electrons. The van der Waals surface area contributed by atoms with Crippen LogP contribution in [0.25, 0.3) is 11.3 Å². The molecular weight excluding hydrogens is 294 g/mol. The molecule has 0 aliphatic carbocycles. The van der Waals surface area contributed by atoms with E-state index in [0.29, 0.717) is 0 Å². The molecule has 124 valence electrons. The number of nitrogens with one attached hydrogen (secondary N) is 1. The molecule has 0 spiro atoms. The van der Waals surface area contributed by atoms with Crippen LogP contribution in [-0.2, 0) is 11.2 Å². The lowest BCUT2D eigenvalue weighted by molar-refractivity contribution is -0.111. The van der Waals surface area contributed by atoms with Crippen molar-refractivity contribution in [1.82, 2.24) is 5.32 Å². The molecule has 1 N–H and O–H groups in total. The largest absolute Gasteiger partial charge is 0.379 e. The molecule has 0 fully saturated rings. The predicted octanol–water partition coefficient (Wildman–Crippen LogP) is 4.69. The second-order valence-electron chi connectivity index (χ2n) is 7.45. The number of rotatable bonds is 2. The van der Waals surface area contributed by atoms with Crippen LogP contribution < -0.4 is 5.32 Å². The van der Waals surface area contributed by atoms with E-state index in [0.717, 1.165) is 28.8 Å². The first-order chi connectivity index (χ1) is 11.3. The van der Waals surface area contributed by atoms with E-state index < -0.39 is 0 Å². The Morgan fingerprint density at radius 1 is 1.04 bits per heavy atom. The molecule has 2 aromatic rings. The number of hydrogen-bond donors (Lipinski definition) is 1. The molecule has 24 heavy (non-hydrogen) atoms. The van der Waals surface area contributed by atoms with Gasteiger partial charge in [-0.2, -0.15) is 0 Å². The van der Waals surface area contributed by atoms with Gasteiger partial charge in [0.2, 0.25) is 0 Å². The smallest absolute Gasteiger partial charge is 0.162 e. The van der Waals surface area contributed by atoms with Crippen molar-refractivity contribution in [2.45, 2.75) is 46.6 Å². The van der Waals surface area contributed by atoms with E-state index in [-0.39, 0.29) is 11.3 Å². The Hall–Kier alpha value is -2.35. The minimum atomic E-state index is -0.0838. The van der Waals surface area contributed by atoms with Crippen LogP contribution in [0.1, 0.15) is 48.6 Å². The minimum Gasteiger partial charge on any atom is -0.379 e. The highest BCUT2D eigenvalue weighted by molar-refractivity contribution is 6.27. The molecule has 0 saturated carbocycles. The van der Waals surface area contributed by atoms with Gasteiger partial charge in [-0.3, -0.25) is 4.79 Å². The average molecular weight is 319 g/mol. The first-order valence-corrected chi connectivity index (χ1v) is 8.48. The van der Waals surface area contributed by atoms with Gasteiger partial charge in [0.25, 0.3) is 0 Å². The van der Waals surface area contributed by atoms with E-state index in [1.165, 1.54) is 16.7 Å². The zero-order chi connectivity index (χ0) is 17.5. The minimum absolute atomic E-state index is 0.0838. The molecule has 2 aromatic carbocycles. The highest BCUT2D eigenvalue weighted by Crippen LogP contribution is 2.36. The maximum absolute atomic E-state index is 12.5. The molecule has 0 aromatic heterocycles. The molecule has 1 aliphatic rings. The molecule has 0 unspecified atom stereocenters. The summed E-state index contributed by atoms with van der Waals surface area (Å²) in [6, 6.07) is 14.4. The van der Waals surface area contributed by atoms with Gasteiger partial charge in [-0.15, -0.1) is 0 Å². The predicted molar refractivity (Wildman–Crippen MR) is 101 cm³/mol. The van der Waals surface area contributed by atoms with Crippen LogP contribution >= 0.6 is 0 Å². The van der Waals surface area contributed by atoms with E-state index in [4.69, 9.17) is 0 Å². The van der Waals surface area contributed by atoms with Crippen molar-refractivity contribution in [1.29, 1.82) is 0 Å². The quantitative estimate of drug-likeness (QED) is 0.814. The van der Waals surface area contributed by atoms with E-state index in [1.54, 1.807) is 6.92 Å². The maximum atomic E-state index is 12.5. The highest BCUT2D eigenvalue weighted by Gasteiger charge is 2.31. The Bertz CT molecular complexity index is 829. The van der Waals surface area contributed by atoms with Gasteiger partial charge in [-0.1, -0.05) is 36.4 Å². The Morgan fingerprint density at radius 3 is 2.29 bits per heavy atom. The standard InChI is InChI=1S/C22H25NO/c1-14-11-18-13-22(4,5)23-21(19(18)12-15(14)2)20(16(3)24)17-9-7-6-8-10-17/h6-12,23H,13H2,1-5H3/b21-20+. The molecule has 2 heteroatoms. The Kier molecular flexibility index (Phi) is 4.08. The van der Waals surface area contributed by atoms with Gasteiger partial charge < -0.3 is 5.32 Å². The van der Waals surface area contributed by atoms with Crippen molar-refractivity contribution >= 4 is 17.1 Å². The molecule has 1 heterocycles. The van der Waals surface area contributed by atoms with Gasteiger partial charge in [0.15, 0.2) is 5.78 Å². The van der Waals surface area contributed by atoms with Crippen LogP contribution in [0.15, 0.2) is 42.5 Å². The number of aryl methyl sites for hydroxylation is 2. The van der Waals surface area contributed by atoms with Gasteiger partial charge in [-0.25, -0.2) is 0 Å². The van der Waals surface area contributed by atoms with Gasteiger partial charge in [0, 0.05) is 16.7 Å². The van der Waals surface area contributed by atoms with Crippen molar-refractivity contribution in [3.8, 4) is 0 Å². The fourth-order valence-electron chi connectivity index (χ4n) is 3.51. The number of carbonyl (C=O) groups is 1. The van der Waals surface area contributed by atoms with Gasteiger partial charge in [0.05, 0.1) is 5.70 Å². The third-order valence-corrected chi connectivity index (χ3v) is 4.75. The van der Waals surface area contributed by atoms with Crippen LogP contribution in [0.5, 0.6) is 0 Å². The number of benzene rings is 2. The van der Waals surface area contributed by atoms with Gasteiger partial charge in [0.1, 0.15) is 0 Å². The van der Waals surface area contributed by atoms with Crippen LogP contribution in [0.3, 0.4) is 0 Å². The average Bonchev–Trinajstić information content (AvgIpc) is 2.49. The fourth-order valence-corrected chi connectivity index (χ4v) is 3.51. The molecule has 0 atom stereocenters.